The smallest absolute Gasteiger partial charge is 0.162 e. The highest BCUT2D eigenvalue weighted by atomic mass is 16.7. The maximum atomic E-state index is 5.67. The van der Waals surface area contributed by atoms with E-state index >= 15 is 0 Å². The first-order valence-electron chi connectivity index (χ1n) is 6.09. The van der Waals surface area contributed by atoms with E-state index in [0.29, 0.717) is 6.04 Å². The molecule has 3 heteroatoms. The summed E-state index contributed by atoms with van der Waals surface area (Å²) >= 11 is 0. The van der Waals surface area contributed by atoms with Crippen molar-refractivity contribution in [3.63, 3.8) is 0 Å². The van der Waals surface area contributed by atoms with Crippen LogP contribution in [0.1, 0.15) is 19.4 Å². The minimum absolute atomic E-state index is 0.336. The Kier molecular flexibility index (Phi) is 3.82. The molecule has 0 saturated carbocycles. The van der Waals surface area contributed by atoms with Gasteiger partial charge in [-0.2, -0.15) is 0 Å². The van der Waals surface area contributed by atoms with E-state index in [1.165, 1.54) is 5.56 Å². The van der Waals surface area contributed by atoms with Gasteiger partial charge in [-0.15, -0.1) is 0 Å². The van der Waals surface area contributed by atoms with Crippen LogP contribution in [0, 0.1) is 0 Å². The Balaban J connectivity index is 1.87. The molecule has 0 spiro atoms. The van der Waals surface area contributed by atoms with E-state index in [1.807, 2.05) is 19.9 Å². The zero-order chi connectivity index (χ0) is 12.3. The van der Waals surface area contributed by atoms with Crippen LogP contribution in [0.15, 0.2) is 30.3 Å². The molecule has 0 unspecified atom stereocenters. The molecule has 0 N–H and O–H groups in total. The van der Waals surface area contributed by atoms with Crippen molar-refractivity contribution in [3.05, 3.63) is 35.9 Å². The molecule has 0 atom stereocenters. The molecule has 0 aromatic heterocycles. The largest absolute Gasteiger partial charge is 0.349 e. The summed E-state index contributed by atoms with van der Waals surface area (Å²) in [6.45, 7) is 6.31. The van der Waals surface area contributed by atoms with Gasteiger partial charge < -0.3 is 9.47 Å². The molecule has 2 rings (SSSR count). The Morgan fingerprint density at radius 2 is 1.76 bits per heavy atom. The molecule has 0 amide bonds. The molecule has 94 valence electrons. The Hall–Kier alpha value is -0.900. The third-order valence-electron chi connectivity index (χ3n) is 3.14. The summed E-state index contributed by atoms with van der Waals surface area (Å²) in [7, 11) is 2.11. The SMILES string of the molecule is CN(Cc1ccccc1)C1COC(C)(C)OC1. The van der Waals surface area contributed by atoms with Crippen LogP contribution in [0.25, 0.3) is 0 Å². The van der Waals surface area contributed by atoms with Crippen molar-refractivity contribution in [2.24, 2.45) is 0 Å². The average molecular weight is 235 g/mol. The molecule has 1 fully saturated rings. The lowest BCUT2D eigenvalue weighted by atomic mass is 10.2. The van der Waals surface area contributed by atoms with Crippen molar-refractivity contribution < 1.29 is 9.47 Å². The normalized spacial score (nSPS) is 20.7. The fraction of sp³-hybridized carbons (Fsp3) is 0.571. The van der Waals surface area contributed by atoms with Crippen molar-refractivity contribution in [2.45, 2.75) is 32.2 Å². The Bertz CT molecular complexity index is 340. The molecular formula is C14H21NO2. The van der Waals surface area contributed by atoms with Gasteiger partial charge in [0.1, 0.15) is 0 Å². The number of hydrogen-bond donors (Lipinski definition) is 0. The number of nitrogens with zero attached hydrogens (tertiary/aromatic N) is 1. The van der Waals surface area contributed by atoms with Crippen LogP contribution < -0.4 is 0 Å². The molecule has 1 aromatic rings. The lowest BCUT2D eigenvalue weighted by Crippen LogP contribution is -2.48. The van der Waals surface area contributed by atoms with E-state index in [2.05, 4.69) is 36.2 Å². The molecule has 1 aliphatic heterocycles. The van der Waals surface area contributed by atoms with Gasteiger partial charge in [0.15, 0.2) is 5.79 Å². The minimum atomic E-state index is -0.427. The van der Waals surface area contributed by atoms with E-state index < -0.39 is 5.79 Å². The van der Waals surface area contributed by atoms with Crippen LogP contribution in [-0.4, -0.2) is 37.0 Å². The van der Waals surface area contributed by atoms with Gasteiger partial charge in [0, 0.05) is 6.54 Å². The summed E-state index contributed by atoms with van der Waals surface area (Å²) in [4.78, 5) is 2.28. The quantitative estimate of drug-likeness (QED) is 0.802. The van der Waals surface area contributed by atoms with Gasteiger partial charge in [-0.1, -0.05) is 30.3 Å². The van der Waals surface area contributed by atoms with Crippen molar-refractivity contribution in [2.75, 3.05) is 20.3 Å². The Morgan fingerprint density at radius 3 is 2.35 bits per heavy atom. The fourth-order valence-electron chi connectivity index (χ4n) is 1.94. The second-order valence-corrected chi connectivity index (χ2v) is 5.08. The molecule has 0 bridgehead atoms. The number of likely N-dealkylation sites (N-methyl/N-ethyl adjacent to an activating group) is 1. The van der Waals surface area contributed by atoms with Crippen molar-refractivity contribution >= 4 is 0 Å². The third kappa shape index (κ3) is 3.53. The van der Waals surface area contributed by atoms with E-state index in [-0.39, 0.29) is 0 Å². The lowest BCUT2D eigenvalue weighted by molar-refractivity contribution is -0.263. The van der Waals surface area contributed by atoms with Gasteiger partial charge in [-0.05, 0) is 26.5 Å². The molecular weight excluding hydrogens is 214 g/mol. The topological polar surface area (TPSA) is 21.7 Å². The number of benzene rings is 1. The highest BCUT2D eigenvalue weighted by Gasteiger charge is 2.30. The summed E-state index contributed by atoms with van der Waals surface area (Å²) in [6, 6.07) is 10.8. The molecule has 0 aliphatic carbocycles. The first-order chi connectivity index (χ1) is 8.07. The number of ether oxygens (including phenoxy) is 2. The van der Waals surface area contributed by atoms with Crippen molar-refractivity contribution in [3.8, 4) is 0 Å². The molecule has 1 saturated heterocycles. The predicted molar refractivity (Wildman–Crippen MR) is 67.7 cm³/mol. The second-order valence-electron chi connectivity index (χ2n) is 5.08. The molecule has 1 aliphatic rings. The van der Waals surface area contributed by atoms with Crippen LogP contribution in [0.5, 0.6) is 0 Å². The lowest BCUT2D eigenvalue weighted by Gasteiger charge is -2.38. The standard InChI is InChI=1S/C14H21NO2/c1-14(2)16-10-13(11-17-14)15(3)9-12-7-5-4-6-8-12/h4-8,13H,9-11H2,1-3H3. The fourth-order valence-corrected chi connectivity index (χ4v) is 1.94. The van der Waals surface area contributed by atoms with Crippen LogP contribution in [0.2, 0.25) is 0 Å². The maximum absolute atomic E-state index is 5.67. The van der Waals surface area contributed by atoms with E-state index in [1.54, 1.807) is 0 Å². The number of rotatable bonds is 3. The highest BCUT2D eigenvalue weighted by Crippen LogP contribution is 2.20. The molecule has 17 heavy (non-hydrogen) atoms. The van der Waals surface area contributed by atoms with Gasteiger partial charge in [-0.25, -0.2) is 0 Å². The van der Waals surface area contributed by atoms with E-state index in [0.717, 1.165) is 19.8 Å². The summed E-state index contributed by atoms with van der Waals surface area (Å²) in [5, 5.41) is 0. The number of hydrogen-bond acceptors (Lipinski definition) is 3. The zero-order valence-corrected chi connectivity index (χ0v) is 10.8. The van der Waals surface area contributed by atoms with E-state index in [4.69, 9.17) is 9.47 Å². The molecule has 1 heterocycles. The van der Waals surface area contributed by atoms with Gasteiger partial charge >= 0.3 is 0 Å². The molecule has 3 nitrogen and oxygen atoms in total. The first-order valence-corrected chi connectivity index (χ1v) is 6.09. The Labute approximate surface area is 103 Å². The second kappa shape index (κ2) is 5.17. The summed E-state index contributed by atoms with van der Waals surface area (Å²) in [6.07, 6.45) is 0. The summed E-state index contributed by atoms with van der Waals surface area (Å²) in [5.41, 5.74) is 1.32. The van der Waals surface area contributed by atoms with E-state index in [9.17, 15) is 0 Å². The van der Waals surface area contributed by atoms with Crippen molar-refractivity contribution in [1.29, 1.82) is 0 Å². The van der Waals surface area contributed by atoms with Crippen LogP contribution in [-0.2, 0) is 16.0 Å². The van der Waals surface area contributed by atoms with Crippen molar-refractivity contribution in [1.82, 2.24) is 4.90 Å². The molecule has 0 radical (unpaired) electrons. The molecule has 1 aromatic carbocycles. The zero-order valence-electron chi connectivity index (χ0n) is 10.8. The maximum Gasteiger partial charge on any atom is 0.162 e. The summed E-state index contributed by atoms with van der Waals surface area (Å²) < 4.78 is 11.3. The highest BCUT2D eigenvalue weighted by molar-refractivity contribution is 5.14. The predicted octanol–water partition coefficient (Wildman–Crippen LogP) is 2.27. The monoisotopic (exact) mass is 235 g/mol. The summed E-state index contributed by atoms with van der Waals surface area (Å²) in [5.74, 6) is -0.427. The van der Waals surface area contributed by atoms with Gasteiger partial charge in [-0.3, -0.25) is 4.90 Å². The van der Waals surface area contributed by atoms with Gasteiger partial charge in [0.25, 0.3) is 0 Å². The van der Waals surface area contributed by atoms with Gasteiger partial charge in [0.2, 0.25) is 0 Å². The van der Waals surface area contributed by atoms with Crippen LogP contribution in [0.4, 0.5) is 0 Å². The van der Waals surface area contributed by atoms with Gasteiger partial charge in [0.05, 0.1) is 19.3 Å². The first kappa shape index (κ1) is 12.6. The van der Waals surface area contributed by atoms with Crippen LogP contribution >= 0.6 is 0 Å². The minimum Gasteiger partial charge on any atom is -0.349 e. The third-order valence-corrected chi connectivity index (χ3v) is 3.14. The Morgan fingerprint density at radius 1 is 1.18 bits per heavy atom. The van der Waals surface area contributed by atoms with Crippen LogP contribution in [0.3, 0.4) is 0 Å². The average Bonchev–Trinajstić information content (AvgIpc) is 2.30.